The molecule has 1 N–H and O–H groups in total. The van der Waals surface area contributed by atoms with E-state index in [0.29, 0.717) is 16.1 Å². The van der Waals surface area contributed by atoms with E-state index in [2.05, 4.69) is 26.5 Å². The molecule has 1 fully saturated rings. The van der Waals surface area contributed by atoms with Crippen molar-refractivity contribution in [3.8, 4) is 11.5 Å². The molecule has 0 aliphatic carbocycles. The van der Waals surface area contributed by atoms with Gasteiger partial charge in [-0.25, -0.2) is 0 Å². The van der Waals surface area contributed by atoms with Crippen LogP contribution in [0.1, 0.15) is 25.7 Å². The summed E-state index contributed by atoms with van der Waals surface area (Å²) in [6.45, 7) is 2.05. The molecule has 4 rings (SSSR count). The van der Waals surface area contributed by atoms with Gasteiger partial charge in [0.2, 0.25) is 11.8 Å². The van der Waals surface area contributed by atoms with Crippen LogP contribution in [0.15, 0.2) is 58.2 Å². The first kappa shape index (κ1) is 20.8. The van der Waals surface area contributed by atoms with Crippen LogP contribution >= 0.6 is 23.4 Å². The highest BCUT2D eigenvalue weighted by atomic mass is 35.5. The van der Waals surface area contributed by atoms with Gasteiger partial charge in [-0.15, -0.1) is 10.2 Å². The van der Waals surface area contributed by atoms with Crippen LogP contribution in [0.3, 0.4) is 0 Å². The molecule has 156 valence electrons. The van der Waals surface area contributed by atoms with Crippen molar-refractivity contribution in [3.05, 3.63) is 53.6 Å². The van der Waals surface area contributed by atoms with Crippen molar-refractivity contribution in [3.63, 3.8) is 0 Å². The van der Waals surface area contributed by atoms with E-state index in [9.17, 15) is 4.79 Å². The van der Waals surface area contributed by atoms with Crippen molar-refractivity contribution in [2.45, 2.75) is 30.9 Å². The first-order valence-electron chi connectivity index (χ1n) is 10.0. The molecule has 3 aromatic rings. The van der Waals surface area contributed by atoms with Crippen molar-refractivity contribution >= 4 is 40.6 Å². The lowest BCUT2D eigenvalue weighted by Crippen LogP contribution is -2.26. The smallest absolute Gasteiger partial charge is 0.277 e. The van der Waals surface area contributed by atoms with Crippen molar-refractivity contribution in [2.75, 3.05) is 29.1 Å². The lowest BCUT2D eigenvalue weighted by atomic mass is 10.2. The predicted molar refractivity (Wildman–Crippen MR) is 121 cm³/mol. The number of carbonyl (C=O) groups excluding carboxylic acids is 1. The number of para-hydroxylation sites is 2. The molecule has 0 saturated carbocycles. The molecule has 6 nitrogen and oxygen atoms in total. The predicted octanol–water partition coefficient (Wildman–Crippen LogP) is 5.50. The van der Waals surface area contributed by atoms with E-state index in [1.165, 1.54) is 37.4 Å². The highest BCUT2D eigenvalue weighted by Crippen LogP contribution is 2.29. The average molecular weight is 443 g/mol. The highest BCUT2D eigenvalue weighted by molar-refractivity contribution is 7.99. The number of halogens is 1. The van der Waals surface area contributed by atoms with Crippen molar-refractivity contribution in [1.82, 2.24) is 10.2 Å². The van der Waals surface area contributed by atoms with Crippen molar-refractivity contribution in [2.24, 2.45) is 0 Å². The molecule has 1 aliphatic heterocycles. The van der Waals surface area contributed by atoms with E-state index in [1.54, 1.807) is 12.1 Å². The Kier molecular flexibility index (Phi) is 6.92. The van der Waals surface area contributed by atoms with Crippen molar-refractivity contribution in [1.29, 1.82) is 0 Å². The number of aromatic nitrogens is 2. The van der Waals surface area contributed by atoms with Crippen LogP contribution in [0.2, 0.25) is 5.02 Å². The third-order valence-electron chi connectivity index (χ3n) is 4.95. The number of hydrogen-bond donors (Lipinski definition) is 1. The number of hydrogen-bond acceptors (Lipinski definition) is 6. The zero-order valence-corrected chi connectivity index (χ0v) is 18.1. The molecular formula is C22H23ClN4O2S. The Morgan fingerprint density at radius 3 is 2.53 bits per heavy atom. The summed E-state index contributed by atoms with van der Waals surface area (Å²) in [4.78, 5) is 14.9. The number of carbonyl (C=O) groups is 1. The summed E-state index contributed by atoms with van der Waals surface area (Å²) >= 11 is 7.13. The highest BCUT2D eigenvalue weighted by Gasteiger charge is 2.16. The van der Waals surface area contributed by atoms with Gasteiger partial charge in [-0.2, -0.15) is 0 Å². The summed E-state index contributed by atoms with van der Waals surface area (Å²) in [6, 6.07) is 15.2. The molecule has 0 atom stereocenters. The molecular weight excluding hydrogens is 420 g/mol. The lowest BCUT2D eigenvalue weighted by molar-refractivity contribution is -0.113. The average Bonchev–Trinajstić information content (AvgIpc) is 3.07. The second-order valence-corrected chi connectivity index (χ2v) is 8.50. The van der Waals surface area contributed by atoms with E-state index < -0.39 is 0 Å². The quantitative estimate of drug-likeness (QED) is 0.508. The molecule has 1 aliphatic rings. The Hall–Kier alpha value is -2.51. The second kappa shape index (κ2) is 10.00. The SMILES string of the molecule is O=C(CSc1nnc(-c2ccc(Cl)cc2)o1)Nc1ccccc1N1CCCCCC1. The zero-order valence-electron chi connectivity index (χ0n) is 16.5. The van der Waals surface area contributed by atoms with Gasteiger partial charge in [0.15, 0.2) is 0 Å². The lowest BCUT2D eigenvalue weighted by Gasteiger charge is -2.25. The summed E-state index contributed by atoms with van der Waals surface area (Å²) in [5, 5.41) is 12.1. The van der Waals surface area contributed by atoms with Crippen LogP contribution in [-0.4, -0.2) is 34.9 Å². The molecule has 0 unspecified atom stereocenters. The Bertz CT molecular complexity index is 985. The third-order valence-corrected chi connectivity index (χ3v) is 6.02. The van der Waals surface area contributed by atoms with E-state index in [-0.39, 0.29) is 11.7 Å². The largest absolute Gasteiger partial charge is 0.411 e. The molecule has 0 bridgehead atoms. The summed E-state index contributed by atoms with van der Waals surface area (Å²) in [5.74, 6) is 0.492. The molecule has 2 heterocycles. The van der Waals surface area contributed by atoms with Gasteiger partial charge in [-0.05, 0) is 49.2 Å². The molecule has 2 aromatic carbocycles. The van der Waals surface area contributed by atoms with Gasteiger partial charge in [0.05, 0.1) is 17.1 Å². The summed E-state index contributed by atoms with van der Waals surface area (Å²) in [5.41, 5.74) is 2.72. The molecule has 1 amide bonds. The standard InChI is InChI=1S/C22H23ClN4O2S/c23-17-11-9-16(10-12-17)21-25-26-22(29-21)30-15-20(28)24-18-7-3-4-8-19(18)27-13-5-1-2-6-14-27/h3-4,7-12H,1-2,5-6,13-15H2,(H,24,28). The van der Waals surface area contributed by atoms with Gasteiger partial charge >= 0.3 is 0 Å². The summed E-state index contributed by atoms with van der Waals surface area (Å²) in [7, 11) is 0. The Morgan fingerprint density at radius 2 is 1.77 bits per heavy atom. The van der Waals surface area contributed by atoms with Gasteiger partial charge in [0, 0.05) is 23.7 Å². The maximum Gasteiger partial charge on any atom is 0.277 e. The maximum absolute atomic E-state index is 12.5. The Labute approximate surface area is 185 Å². The monoisotopic (exact) mass is 442 g/mol. The van der Waals surface area contributed by atoms with Crippen LogP contribution in [0.5, 0.6) is 0 Å². The molecule has 0 spiro atoms. The minimum atomic E-state index is -0.103. The van der Waals surface area contributed by atoms with Gasteiger partial charge < -0.3 is 14.6 Å². The van der Waals surface area contributed by atoms with E-state index in [4.69, 9.17) is 16.0 Å². The maximum atomic E-state index is 12.5. The molecule has 1 saturated heterocycles. The van der Waals surface area contributed by atoms with Crippen LogP contribution in [0, 0.1) is 0 Å². The van der Waals surface area contributed by atoms with E-state index in [1.807, 2.05) is 30.3 Å². The normalized spacial score (nSPS) is 14.4. The van der Waals surface area contributed by atoms with Crippen molar-refractivity contribution < 1.29 is 9.21 Å². The number of thioether (sulfide) groups is 1. The topological polar surface area (TPSA) is 71.3 Å². The number of nitrogens with one attached hydrogen (secondary N) is 1. The van der Waals surface area contributed by atoms with Crippen LogP contribution in [0.4, 0.5) is 11.4 Å². The molecule has 8 heteroatoms. The molecule has 30 heavy (non-hydrogen) atoms. The van der Waals surface area contributed by atoms with Gasteiger partial charge in [0.25, 0.3) is 5.22 Å². The second-order valence-electron chi connectivity index (χ2n) is 7.14. The third kappa shape index (κ3) is 5.34. The minimum Gasteiger partial charge on any atom is -0.411 e. The fraction of sp³-hybridized carbons (Fsp3) is 0.318. The first-order chi connectivity index (χ1) is 14.7. The Morgan fingerprint density at radius 1 is 1.03 bits per heavy atom. The fourth-order valence-corrected chi connectivity index (χ4v) is 4.15. The van der Waals surface area contributed by atoms with Crippen LogP contribution < -0.4 is 10.2 Å². The zero-order chi connectivity index (χ0) is 20.8. The van der Waals surface area contributed by atoms with Crippen LogP contribution in [-0.2, 0) is 4.79 Å². The summed E-state index contributed by atoms with van der Waals surface area (Å²) in [6.07, 6.45) is 4.91. The molecule has 0 radical (unpaired) electrons. The van der Waals surface area contributed by atoms with Crippen LogP contribution in [0.25, 0.3) is 11.5 Å². The number of anilines is 2. The number of benzene rings is 2. The molecule has 1 aromatic heterocycles. The number of amides is 1. The minimum absolute atomic E-state index is 0.103. The first-order valence-corrected chi connectivity index (χ1v) is 11.4. The fourth-order valence-electron chi connectivity index (χ4n) is 3.46. The van der Waals surface area contributed by atoms with Gasteiger partial charge in [0.1, 0.15) is 0 Å². The van der Waals surface area contributed by atoms with E-state index in [0.717, 1.165) is 30.0 Å². The number of nitrogens with zero attached hydrogens (tertiary/aromatic N) is 3. The Balaban J connectivity index is 1.36. The van der Waals surface area contributed by atoms with E-state index >= 15 is 0 Å². The van der Waals surface area contributed by atoms with Gasteiger partial charge in [-0.1, -0.05) is 48.3 Å². The number of rotatable bonds is 6. The summed E-state index contributed by atoms with van der Waals surface area (Å²) < 4.78 is 5.65. The van der Waals surface area contributed by atoms with Gasteiger partial charge in [-0.3, -0.25) is 4.79 Å².